The lowest BCUT2D eigenvalue weighted by atomic mass is 9.99. The predicted octanol–water partition coefficient (Wildman–Crippen LogP) is 9.03. The first-order valence-electron chi connectivity index (χ1n) is 13.3. The Morgan fingerprint density at radius 3 is 1.69 bits per heavy atom. The van der Waals surface area contributed by atoms with E-state index in [1.54, 1.807) is 0 Å². The third kappa shape index (κ3) is 11.8. The van der Waals surface area contributed by atoms with Crippen molar-refractivity contribution >= 4 is 0 Å². The van der Waals surface area contributed by atoms with Gasteiger partial charge in [0.2, 0.25) is 0 Å². The van der Waals surface area contributed by atoms with Gasteiger partial charge in [-0.25, -0.2) is 9.55 Å². The number of aromatic amines is 1. The fourth-order valence-electron chi connectivity index (χ4n) is 4.73. The van der Waals surface area contributed by atoms with Gasteiger partial charge in [0.15, 0.2) is 0 Å². The second-order valence-corrected chi connectivity index (χ2v) is 9.38. The SMILES string of the molecule is CCCCCCCCCCCCCCCCC(C)[n+]1cc[nH]c1C(CC)CCC. The fourth-order valence-corrected chi connectivity index (χ4v) is 4.73. The van der Waals surface area contributed by atoms with Gasteiger partial charge in [-0.1, -0.05) is 111 Å². The smallest absolute Gasteiger partial charge is 0.247 e. The largest absolute Gasteiger partial charge is 0.257 e. The van der Waals surface area contributed by atoms with E-state index >= 15 is 0 Å². The van der Waals surface area contributed by atoms with E-state index in [0.717, 1.165) is 0 Å². The third-order valence-corrected chi connectivity index (χ3v) is 6.71. The summed E-state index contributed by atoms with van der Waals surface area (Å²) in [4.78, 5) is 3.54. The third-order valence-electron chi connectivity index (χ3n) is 6.71. The summed E-state index contributed by atoms with van der Waals surface area (Å²) in [6.45, 7) is 9.32. The molecule has 0 aromatic carbocycles. The second kappa shape index (κ2) is 18.0. The Morgan fingerprint density at radius 1 is 0.690 bits per heavy atom. The van der Waals surface area contributed by atoms with E-state index in [2.05, 4.69) is 49.6 Å². The van der Waals surface area contributed by atoms with E-state index in [1.165, 1.54) is 121 Å². The van der Waals surface area contributed by atoms with Crippen molar-refractivity contribution in [3.8, 4) is 0 Å². The van der Waals surface area contributed by atoms with Crippen LogP contribution in [0.4, 0.5) is 0 Å². The lowest BCUT2D eigenvalue weighted by molar-refractivity contribution is -0.727. The molecule has 1 rings (SSSR count). The lowest BCUT2D eigenvalue weighted by Gasteiger charge is -2.15. The lowest BCUT2D eigenvalue weighted by Crippen LogP contribution is -2.41. The van der Waals surface area contributed by atoms with E-state index in [4.69, 9.17) is 0 Å². The number of nitrogens with one attached hydrogen (secondary N) is 1. The van der Waals surface area contributed by atoms with Gasteiger partial charge >= 0.3 is 0 Å². The first-order valence-corrected chi connectivity index (χ1v) is 13.3. The quantitative estimate of drug-likeness (QED) is 0.165. The second-order valence-electron chi connectivity index (χ2n) is 9.38. The molecule has 0 spiro atoms. The Kier molecular flexibility index (Phi) is 16.3. The predicted molar refractivity (Wildman–Crippen MR) is 129 cm³/mol. The molecule has 1 aromatic heterocycles. The Bertz CT molecular complexity index is 465. The Balaban J connectivity index is 2.02. The van der Waals surface area contributed by atoms with Crippen LogP contribution in [0.25, 0.3) is 0 Å². The van der Waals surface area contributed by atoms with Crippen molar-refractivity contribution in [3.63, 3.8) is 0 Å². The van der Waals surface area contributed by atoms with Crippen LogP contribution in [-0.2, 0) is 0 Å². The fraction of sp³-hybridized carbons (Fsp3) is 0.889. The number of aromatic nitrogens is 2. The summed E-state index contributed by atoms with van der Waals surface area (Å²) < 4.78 is 2.52. The normalized spacial score (nSPS) is 13.7. The number of unbranched alkanes of at least 4 members (excludes halogenated alkanes) is 13. The first kappa shape index (κ1) is 26.2. The molecule has 0 aliphatic carbocycles. The monoisotopic (exact) mass is 405 g/mol. The number of hydrogen-bond donors (Lipinski definition) is 1. The molecule has 0 radical (unpaired) electrons. The Morgan fingerprint density at radius 2 is 1.21 bits per heavy atom. The molecule has 170 valence electrons. The number of rotatable bonds is 20. The molecule has 0 saturated heterocycles. The summed E-state index contributed by atoms with van der Waals surface area (Å²) >= 11 is 0. The van der Waals surface area contributed by atoms with E-state index < -0.39 is 0 Å². The van der Waals surface area contributed by atoms with Crippen LogP contribution in [0, 0.1) is 0 Å². The first-order chi connectivity index (χ1) is 14.2. The molecule has 1 heterocycles. The maximum atomic E-state index is 3.54. The molecule has 2 unspecified atom stereocenters. The summed E-state index contributed by atoms with van der Waals surface area (Å²) in [7, 11) is 0. The summed E-state index contributed by atoms with van der Waals surface area (Å²) in [6.07, 6.45) is 29.7. The van der Waals surface area contributed by atoms with Crippen molar-refractivity contribution < 1.29 is 4.57 Å². The van der Waals surface area contributed by atoms with Gasteiger partial charge in [-0.3, -0.25) is 0 Å². The zero-order valence-electron chi connectivity index (χ0n) is 20.5. The van der Waals surface area contributed by atoms with Gasteiger partial charge in [0.1, 0.15) is 12.4 Å². The molecule has 2 nitrogen and oxygen atoms in total. The van der Waals surface area contributed by atoms with Gasteiger partial charge in [0.25, 0.3) is 5.82 Å². The van der Waals surface area contributed by atoms with Crippen LogP contribution < -0.4 is 4.57 Å². The standard InChI is InChI=1S/C27H52N2/c1-5-8-9-10-11-12-13-14-15-16-17-18-19-20-22-25(4)29-24-23-28-27(29)26(7-3)21-6-2/h23-26H,5-22H2,1-4H3/p+1. The van der Waals surface area contributed by atoms with Crippen molar-refractivity contribution in [3.05, 3.63) is 18.2 Å². The van der Waals surface area contributed by atoms with Crippen molar-refractivity contribution in [2.45, 2.75) is 155 Å². The van der Waals surface area contributed by atoms with Crippen molar-refractivity contribution in [1.29, 1.82) is 0 Å². The topological polar surface area (TPSA) is 19.7 Å². The summed E-state index contributed by atoms with van der Waals surface area (Å²) in [6, 6.07) is 0.625. The number of H-pyrrole nitrogens is 1. The highest BCUT2D eigenvalue weighted by Crippen LogP contribution is 2.22. The van der Waals surface area contributed by atoms with Gasteiger partial charge < -0.3 is 0 Å². The van der Waals surface area contributed by atoms with Gasteiger partial charge in [0, 0.05) is 0 Å². The Labute approximate surface area is 183 Å². The maximum Gasteiger partial charge on any atom is 0.257 e. The van der Waals surface area contributed by atoms with Crippen LogP contribution >= 0.6 is 0 Å². The molecule has 29 heavy (non-hydrogen) atoms. The summed E-state index contributed by atoms with van der Waals surface area (Å²) in [5.41, 5.74) is 0. The maximum absolute atomic E-state index is 3.54. The van der Waals surface area contributed by atoms with Gasteiger partial charge in [0.05, 0.1) is 12.0 Å². The molecule has 0 amide bonds. The molecule has 0 saturated carbocycles. The zero-order chi connectivity index (χ0) is 21.2. The average molecular weight is 406 g/mol. The summed E-state index contributed by atoms with van der Waals surface area (Å²) in [5, 5.41) is 0. The van der Waals surface area contributed by atoms with Crippen molar-refractivity contribution in [2.75, 3.05) is 0 Å². The van der Waals surface area contributed by atoms with E-state index in [1.807, 2.05) is 0 Å². The number of hydrogen-bond acceptors (Lipinski definition) is 0. The average Bonchev–Trinajstić information content (AvgIpc) is 3.21. The molecule has 0 bridgehead atoms. The van der Waals surface area contributed by atoms with Crippen LogP contribution in [0.5, 0.6) is 0 Å². The van der Waals surface area contributed by atoms with Crippen LogP contribution in [0.15, 0.2) is 12.4 Å². The minimum Gasteiger partial charge on any atom is -0.247 e. The molecular formula is C27H53N2+. The Hall–Kier alpha value is -0.790. The molecule has 0 aliphatic rings. The van der Waals surface area contributed by atoms with Crippen LogP contribution in [0.3, 0.4) is 0 Å². The minimum absolute atomic E-state index is 0.625. The highest BCUT2D eigenvalue weighted by atomic mass is 15.1. The van der Waals surface area contributed by atoms with Crippen LogP contribution in [0.2, 0.25) is 0 Å². The van der Waals surface area contributed by atoms with Crippen molar-refractivity contribution in [1.82, 2.24) is 4.98 Å². The highest BCUT2D eigenvalue weighted by Gasteiger charge is 2.23. The van der Waals surface area contributed by atoms with Gasteiger partial charge in [-0.15, -0.1) is 0 Å². The van der Waals surface area contributed by atoms with Gasteiger partial charge in [-0.05, 0) is 32.6 Å². The number of imidazole rings is 1. The zero-order valence-corrected chi connectivity index (χ0v) is 20.5. The van der Waals surface area contributed by atoms with E-state index in [9.17, 15) is 0 Å². The van der Waals surface area contributed by atoms with Gasteiger partial charge in [-0.2, -0.15) is 0 Å². The van der Waals surface area contributed by atoms with Crippen LogP contribution in [-0.4, -0.2) is 4.98 Å². The molecule has 0 fully saturated rings. The van der Waals surface area contributed by atoms with Crippen LogP contribution in [0.1, 0.15) is 161 Å². The summed E-state index contributed by atoms with van der Waals surface area (Å²) in [5.74, 6) is 2.14. The van der Waals surface area contributed by atoms with E-state index in [-0.39, 0.29) is 0 Å². The molecule has 0 aliphatic heterocycles. The van der Waals surface area contributed by atoms with E-state index in [0.29, 0.717) is 12.0 Å². The highest BCUT2D eigenvalue weighted by molar-refractivity contribution is 4.89. The van der Waals surface area contributed by atoms with Crippen molar-refractivity contribution in [2.24, 2.45) is 0 Å². The molecule has 2 heteroatoms. The number of nitrogens with zero attached hydrogens (tertiary/aromatic N) is 1. The molecule has 2 atom stereocenters. The molecule has 1 aromatic rings. The molecule has 1 N–H and O–H groups in total. The minimum atomic E-state index is 0.625. The molecular weight excluding hydrogens is 352 g/mol.